The molecule has 2 N–H and O–H groups in total. The molecule has 3 heteroatoms. The lowest BCUT2D eigenvalue weighted by atomic mass is 10.0. The molecule has 1 unspecified atom stereocenters. The van der Waals surface area contributed by atoms with Crippen LogP contribution in [0.2, 0.25) is 0 Å². The number of rotatable bonds is 6. The third kappa shape index (κ3) is 3.03. The van der Waals surface area contributed by atoms with Gasteiger partial charge in [-0.3, -0.25) is 0 Å². The normalized spacial score (nSPS) is 15.8. The Morgan fingerprint density at radius 2 is 2.28 bits per heavy atom. The van der Waals surface area contributed by atoms with Crippen molar-refractivity contribution in [3.63, 3.8) is 0 Å². The maximum Gasteiger partial charge on any atom is 0.0482 e. The van der Waals surface area contributed by atoms with Gasteiger partial charge >= 0.3 is 0 Å². The Morgan fingerprint density at radius 3 is 3.00 bits per heavy atom. The topological polar surface area (TPSA) is 38.5 Å². The summed E-state index contributed by atoms with van der Waals surface area (Å²) < 4.78 is 5.39. The molecule has 0 saturated heterocycles. The van der Waals surface area contributed by atoms with Crippen LogP contribution in [-0.4, -0.2) is 26.3 Å². The standard InChI is InChI=1S/C15H24N2O/c1-3-18-10-4-8-17-9-7-14-11-13(12(2)16)5-6-15(14)17/h5-6,11-12H,3-4,7-10,16H2,1-2H3. The van der Waals surface area contributed by atoms with E-state index in [-0.39, 0.29) is 6.04 Å². The minimum atomic E-state index is 0.127. The first-order chi connectivity index (χ1) is 8.72. The first-order valence-electron chi connectivity index (χ1n) is 6.93. The molecule has 3 nitrogen and oxygen atoms in total. The number of hydrogen-bond donors (Lipinski definition) is 1. The van der Waals surface area contributed by atoms with Crippen LogP contribution >= 0.6 is 0 Å². The molecular formula is C15H24N2O. The van der Waals surface area contributed by atoms with Gasteiger partial charge in [-0.05, 0) is 43.9 Å². The summed E-state index contributed by atoms with van der Waals surface area (Å²) in [6, 6.07) is 6.77. The second-order valence-corrected chi connectivity index (χ2v) is 4.96. The summed E-state index contributed by atoms with van der Waals surface area (Å²) in [7, 11) is 0. The molecule has 0 amide bonds. The summed E-state index contributed by atoms with van der Waals surface area (Å²) in [4.78, 5) is 2.46. The van der Waals surface area contributed by atoms with Gasteiger partial charge in [0, 0.05) is 38.0 Å². The van der Waals surface area contributed by atoms with Crippen molar-refractivity contribution in [1.82, 2.24) is 0 Å². The van der Waals surface area contributed by atoms with E-state index in [0.29, 0.717) is 0 Å². The number of benzene rings is 1. The van der Waals surface area contributed by atoms with Crippen LogP contribution in [0.4, 0.5) is 5.69 Å². The Bertz CT molecular complexity index is 390. The van der Waals surface area contributed by atoms with Crippen molar-refractivity contribution in [1.29, 1.82) is 0 Å². The third-order valence-corrected chi connectivity index (χ3v) is 3.54. The smallest absolute Gasteiger partial charge is 0.0482 e. The third-order valence-electron chi connectivity index (χ3n) is 3.54. The first-order valence-corrected chi connectivity index (χ1v) is 6.93. The zero-order valence-corrected chi connectivity index (χ0v) is 11.5. The van der Waals surface area contributed by atoms with E-state index in [1.165, 1.54) is 16.8 Å². The van der Waals surface area contributed by atoms with Crippen molar-refractivity contribution in [2.24, 2.45) is 5.73 Å². The highest BCUT2D eigenvalue weighted by Gasteiger charge is 2.19. The Kier molecular flexibility index (Phi) is 4.61. The molecule has 0 spiro atoms. The molecule has 0 bridgehead atoms. The van der Waals surface area contributed by atoms with Gasteiger partial charge in [0.15, 0.2) is 0 Å². The highest BCUT2D eigenvalue weighted by molar-refractivity contribution is 5.59. The van der Waals surface area contributed by atoms with E-state index in [1.807, 2.05) is 13.8 Å². The van der Waals surface area contributed by atoms with Gasteiger partial charge in [-0.15, -0.1) is 0 Å². The van der Waals surface area contributed by atoms with Gasteiger partial charge in [0.25, 0.3) is 0 Å². The van der Waals surface area contributed by atoms with Crippen LogP contribution < -0.4 is 10.6 Å². The van der Waals surface area contributed by atoms with E-state index in [0.717, 1.165) is 39.1 Å². The first kappa shape index (κ1) is 13.4. The average molecular weight is 248 g/mol. The molecule has 0 fully saturated rings. The van der Waals surface area contributed by atoms with Gasteiger partial charge in [-0.25, -0.2) is 0 Å². The average Bonchev–Trinajstić information content (AvgIpc) is 2.77. The van der Waals surface area contributed by atoms with Crippen molar-refractivity contribution in [3.8, 4) is 0 Å². The molecule has 18 heavy (non-hydrogen) atoms. The molecule has 1 atom stereocenters. The molecule has 100 valence electrons. The highest BCUT2D eigenvalue weighted by atomic mass is 16.5. The van der Waals surface area contributed by atoms with E-state index in [1.54, 1.807) is 0 Å². The zero-order chi connectivity index (χ0) is 13.0. The second kappa shape index (κ2) is 6.21. The maximum atomic E-state index is 5.93. The fourth-order valence-corrected chi connectivity index (χ4v) is 2.51. The molecule has 1 aromatic rings. The van der Waals surface area contributed by atoms with Crippen LogP contribution in [-0.2, 0) is 11.2 Å². The number of nitrogens with zero attached hydrogens (tertiary/aromatic N) is 1. The summed E-state index contributed by atoms with van der Waals surface area (Å²) in [6.07, 6.45) is 2.24. The molecule has 0 saturated carbocycles. The number of nitrogens with two attached hydrogens (primary N) is 1. The van der Waals surface area contributed by atoms with Crippen LogP contribution in [0, 0.1) is 0 Å². The van der Waals surface area contributed by atoms with Crippen molar-refractivity contribution in [2.45, 2.75) is 32.7 Å². The number of anilines is 1. The molecular weight excluding hydrogens is 224 g/mol. The molecule has 2 rings (SSSR count). The van der Waals surface area contributed by atoms with E-state index in [2.05, 4.69) is 23.1 Å². The zero-order valence-electron chi connectivity index (χ0n) is 11.5. The van der Waals surface area contributed by atoms with Crippen LogP contribution in [0.5, 0.6) is 0 Å². The fourth-order valence-electron chi connectivity index (χ4n) is 2.51. The van der Waals surface area contributed by atoms with Gasteiger partial charge in [0.1, 0.15) is 0 Å². The number of fused-ring (bicyclic) bond motifs is 1. The summed E-state index contributed by atoms with van der Waals surface area (Å²) >= 11 is 0. The van der Waals surface area contributed by atoms with Gasteiger partial charge in [0.05, 0.1) is 0 Å². The molecule has 0 aromatic heterocycles. The summed E-state index contributed by atoms with van der Waals surface area (Å²) in [5.74, 6) is 0. The van der Waals surface area contributed by atoms with Crippen LogP contribution in [0.3, 0.4) is 0 Å². The van der Waals surface area contributed by atoms with Crippen molar-refractivity contribution < 1.29 is 4.74 Å². The molecule has 1 heterocycles. The molecule has 1 aliphatic rings. The van der Waals surface area contributed by atoms with E-state index in [4.69, 9.17) is 10.5 Å². The second-order valence-electron chi connectivity index (χ2n) is 4.96. The summed E-state index contributed by atoms with van der Waals surface area (Å²) in [5, 5.41) is 0. The van der Waals surface area contributed by atoms with Crippen LogP contribution in [0.15, 0.2) is 18.2 Å². The van der Waals surface area contributed by atoms with Crippen molar-refractivity contribution >= 4 is 5.69 Å². The SMILES string of the molecule is CCOCCCN1CCc2cc(C(C)N)ccc21. The van der Waals surface area contributed by atoms with Gasteiger partial charge in [-0.1, -0.05) is 12.1 Å². The van der Waals surface area contributed by atoms with Gasteiger partial charge in [-0.2, -0.15) is 0 Å². The lowest BCUT2D eigenvalue weighted by molar-refractivity contribution is 0.146. The van der Waals surface area contributed by atoms with Crippen LogP contribution in [0.1, 0.15) is 37.4 Å². The Morgan fingerprint density at radius 1 is 1.44 bits per heavy atom. The lowest BCUT2D eigenvalue weighted by Crippen LogP contribution is -2.22. The summed E-state index contributed by atoms with van der Waals surface area (Å²) in [6.45, 7) is 7.97. The van der Waals surface area contributed by atoms with Gasteiger partial charge < -0.3 is 15.4 Å². The minimum absolute atomic E-state index is 0.127. The van der Waals surface area contributed by atoms with E-state index >= 15 is 0 Å². The van der Waals surface area contributed by atoms with Gasteiger partial charge in [0.2, 0.25) is 0 Å². The Hall–Kier alpha value is -1.06. The van der Waals surface area contributed by atoms with Crippen LogP contribution in [0.25, 0.3) is 0 Å². The Balaban J connectivity index is 1.96. The van der Waals surface area contributed by atoms with Crippen molar-refractivity contribution in [3.05, 3.63) is 29.3 Å². The molecule has 1 aromatic carbocycles. The van der Waals surface area contributed by atoms with E-state index < -0.39 is 0 Å². The summed E-state index contributed by atoms with van der Waals surface area (Å²) in [5.41, 5.74) is 10.00. The minimum Gasteiger partial charge on any atom is -0.382 e. The van der Waals surface area contributed by atoms with E-state index in [9.17, 15) is 0 Å². The quantitative estimate of drug-likeness (QED) is 0.786. The Labute approximate surface area is 110 Å². The molecule has 0 radical (unpaired) electrons. The monoisotopic (exact) mass is 248 g/mol. The predicted molar refractivity (Wildman–Crippen MR) is 76.1 cm³/mol. The number of hydrogen-bond acceptors (Lipinski definition) is 3. The van der Waals surface area contributed by atoms with Crippen molar-refractivity contribution in [2.75, 3.05) is 31.2 Å². The largest absolute Gasteiger partial charge is 0.382 e. The lowest BCUT2D eigenvalue weighted by Gasteiger charge is -2.19. The number of ether oxygens (including phenoxy) is 1. The molecule has 0 aliphatic carbocycles. The fraction of sp³-hybridized carbons (Fsp3) is 0.600. The maximum absolute atomic E-state index is 5.93. The highest BCUT2D eigenvalue weighted by Crippen LogP contribution is 2.30. The predicted octanol–water partition coefficient (Wildman–Crippen LogP) is 2.50. The molecule has 1 aliphatic heterocycles.